The summed E-state index contributed by atoms with van der Waals surface area (Å²) in [5, 5.41) is 0.969. The van der Waals surface area contributed by atoms with E-state index in [1.807, 2.05) is 40.3 Å². The van der Waals surface area contributed by atoms with Gasteiger partial charge >= 0.3 is 0 Å². The molecule has 0 aliphatic carbocycles. The number of rotatable bonds is 4. The number of amides is 2. The summed E-state index contributed by atoms with van der Waals surface area (Å²) < 4.78 is 7.25. The molecule has 2 aromatic rings. The molecular weight excluding hydrogens is 318 g/mol. The third-order valence-corrected chi connectivity index (χ3v) is 4.78. The molecule has 0 atom stereocenters. The third kappa shape index (κ3) is 3.69. The standard InChI is InChI=1S/C19H25N3O3/c1-15(23)20-8-5-9-21(11-10-20)19(24)17-14-22(12-13-25-2)18-7-4-3-6-16(17)18/h3-4,6-7,14H,5,8-13H2,1-2H3. The van der Waals surface area contributed by atoms with Gasteiger partial charge in [0.05, 0.1) is 12.2 Å². The molecule has 6 heteroatoms. The average Bonchev–Trinajstić information content (AvgIpc) is 2.80. The summed E-state index contributed by atoms with van der Waals surface area (Å²) in [6.45, 7) is 5.47. The first-order chi connectivity index (χ1) is 12.1. The molecule has 1 aromatic heterocycles. The topological polar surface area (TPSA) is 54.8 Å². The second-order valence-corrected chi connectivity index (χ2v) is 6.40. The lowest BCUT2D eigenvalue weighted by Crippen LogP contribution is -2.36. The highest BCUT2D eigenvalue weighted by Crippen LogP contribution is 2.23. The van der Waals surface area contributed by atoms with Gasteiger partial charge in [-0.15, -0.1) is 0 Å². The summed E-state index contributed by atoms with van der Waals surface area (Å²) in [5.41, 5.74) is 1.77. The van der Waals surface area contributed by atoms with Crippen molar-refractivity contribution >= 4 is 22.7 Å². The first kappa shape index (κ1) is 17.5. The van der Waals surface area contributed by atoms with Crippen LogP contribution < -0.4 is 0 Å². The molecule has 6 nitrogen and oxygen atoms in total. The molecule has 1 fully saturated rings. The monoisotopic (exact) mass is 343 g/mol. The molecule has 1 saturated heterocycles. The van der Waals surface area contributed by atoms with Gasteiger partial charge in [0.2, 0.25) is 5.91 Å². The number of hydrogen-bond acceptors (Lipinski definition) is 3. The highest BCUT2D eigenvalue weighted by Gasteiger charge is 2.24. The second kappa shape index (κ2) is 7.70. The third-order valence-electron chi connectivity index (χ3n) is 4.78. The normalized spacial score (nSPS) is 15.4. The van der Waals surface area contributed by atoms with Crippen LogP contribution in [0.5, 0.6) is 0 Å². The summed E-state index contributed by atoms with van der Waals surface area (Å²) in [6, 6.07) is 7.96. The van der Waals surface area contributed by atoms with Crippen LogP contribution in [-0.2, 0) is 16.1 Å². The molecule has 2 heterocycles. The number of para-hydroxylation sites is 1. The van der Waals surface area contributed by atoms with E-state index in [0.717, 1.165) is 22.9 Å². The number of ether oxygens (including phenoxy) is 1. The van der Waals surface area contributed by atoms with Gasteiger partial charge in [0, 0.05) is 63.9 Å². The Hall–Kier alpha value is -2.34. The Balaban J connectivity index is 1.85. The maximum atomic E-state index is 13.1. The van der Waals surface area contributed by atoms with Crippen LogP contribution in [0.2, 0.25) is 0 Å². The van der Waals surface area contributed by atoms with Gasteiger partial charge in [0.1, 0.15) is 0 Å². The number of carbonyl (C=O) groups is 2. The predicted octanol–water partition coefficient (Wildman–Crippen LogP) is 1.98. The zero-order chi connectivity index (χ0) is 17.8. The number of benzene rings is 1. The van der Waals surface area contributed by atoms with Crippen LogP contribution in [0.1, 0.15) is 23.7 Å². The Morgan fingerprint density at radius 3 is 2.56 bits per heavy atom. The van der Waals surface area contributed by atoms with E-state index in [2.05, 4.69) is 4.57 Å². The van der Waals surface area contributed by atoms with Crippen molar-refractivity contribution in [2.24, 2.45) is 0 Å². The molecule has 0 spiro atoms. The van der Waals surface area contributed by atoms with E-state index in [1.54, 1.807) is 14.0 Å². The predicted molar refractivity (Wildman–Crippen MR) is 96.6 cm³/mol. The molecule has 0 unspecified atom stereocenters. The fourth-order valence-corrected chi connectivity index (χ4v) is 3.40. The number of carbonyl (C=O) groups excluding carboxylic acids is 2. The van der Waals surface area contributed by atoms with Crippen LogP contribution in [-0.4, -0.2) is 66.1 Å². The largest absolute Gasteiger partial charge is 0.383 e. The van der Waals surface area contributed by atoms with E-state index in [9.17, 15) is 9.59 Å². The Kier molecular flexibility index (Phi) is 5.38. The van der Waals surface area contributed by atoms with Crippen LogP contribution in [0.25, 0.3) is 10.9 Å². The molecular formula is C19H25N3O3. The molecule has 0 saturated carbocycles. The highest BCUT2D eigenvalue weighted by molar-refractivity contribution is 6.07. The van der Waals surface area contributed by atoms with E-state index in [4.69, 9.17) is 4.74 Å². The van der Waals surface area contributed by atoms with Crippen molar-refractivity contribution in [3.8, 4) is 0 Å². The maximum Gasteiger partial charge on any atom is 0.256 e. The van der Waals surface area contributed by atoms with Gasteiger partial charge in [-0.1, -0.05) is 18.2 Å². The van der Waals surface area contributed by atoms with E-state index >= 15 is 0 Å². The van der Waals surface area contributed by atoms with Gasteiger partial charge in [-0.05, 0) is 12.5 Å². The number of hydrogen-bond donors (Lipinski definition) is 0. The van der Waals surface area contributed by atoms with Gasteiger partial charge in [-0.3, -0.25) is 9.59 Å². The number of nitrogens with zero attached hydrogens (tertiary/aromatic N) is 3. The highest BCUT2D eigenvalue weighted by atomic mass is 16.5. The lowest BCUT2D eigenvalue weighted by Gasteiger charge is -2.21. The fraction of sp³-hybridized carbons (Fsp3) is 0.474. The minimum Gasteiger partial charge on any atom is -0.383 e. The van der Waals surface area contributed by atoms with Crippen LogP contribution in [0.15, 0.2) is 30.5 Å². The molecule has 1 aromatic carbocycles. The Morgan fingerprint density at radius 2 is 1.80 bits per heavy atom. The van der Waals surface area contributed by atoms with Crippen molar-refractivity contribution in [2.75, 3.05) is 39.9 Å². The van der Waals surface area contributed by atoms with Crippen LogP contribution in [0.4, 0.5) is 0 Å². The van der Waals surface area contributed by atoms with Crippen molar-refractivity contribution in [3.63, 3.8) is 0 Å². The zero-order valence-electron chi connectivity index (χ0n) is 14.9. The van der Waals surface area contributed by atoms with Crippen molar-refractivity contribution in [3.05, 3.63) is 36.0 Å². The smallest absolute Gasteiger partial charge is 0.256 e. The maximum absolute atomic E-state index is 13.1. The molecule has 0 radical (unpaired) electrons. The van der Waals surface area contributed by atoms with Crippen molar-refractivity contribution in [1.29, 1.82) is 0 Å². The quantitative estimate of drug-likeness (QED) is 0.853. The van der Waals surface area contributed by atoms with Gasteiger partial charge in [0.15, 0.2) is 0 Å². The van der Waals surface area contributed by atoms with Crippen LogP contribution >= 0.6 is 0 Å². The van der Waals surface area contributed by atoms with Gasteiger partial charge in [-0.25, -0.2) is 0 Å². The molecule has 0 N–H and O–H groups in total. The van der Waals surface area contributed by atoms with Crippen molar-refractivity contribution in [2.45, 2.75) is 19.9 Å². The van der Waals surface area contributed by atoms with E-state index < -0.39 is 0 Å². The van der Waals surface area contributed by atoms with Crippen LogP contribution in [0, 0.1) is 0 Å². The lowest BCUT2D eigenvalue weighted by molar-refractivity contribution is -0.128. The SMILES string of the molecule is COCCn1cc(C(=O)N2CCCN(C(C)=O)CC2)c2ccccc21. The summed E-state index contributed by atoms with van der Waals surface area (Å²) in [4.78, 5) is 28.4. The van der Waals surface area contributed by atoms with Gasteiger partial charge < -0.3 is 19.1 Å². The first-order valence-electron chi connectivity index (χ1n) is 8.73. The number of fused-ring (bicyclic) bond motifs is 1. The number of methoxy groups -OCH3 is 1. The van der Waals surface area contributed by atoms with Gasteiger partial charge in [-0.2, -0.15) is 0 Å². The summed E-state index contributed by atoms with van der Waals surface area (Å²) in [6.07, 6.45) is 2.74. The summed E-state index contributed by atoms with van der Waals surface area (Å²) >= 11 is 0. The molecule has 134 valence electrons. The Bertz CT molecular complexity index is 768. The minimum absolute atomic E-state index is 0.0396. The second-order valence-electron chi connectivity index (χ2n) is 6.40. The first-order valence-corrected chi connectivity index (χ1v) is 8.73. The average molecular weight is 343 g/mol. The van der Waals surface area contributed by atoms with Gasteiger partial charge in [0.25, 0.3) is 5.91 Å². The number of aromatic nitrogens is 1. The molecule has 1 aliphatic heterocycles. The van der Waals surface area contributed by atoms with E-state index in [0.29, 0.717) is 39.3 Å². The molecule has 3 rings (SSSR count). The summed E-state index contributed by atoms with van der Waals surface area (Å²) in [5.74, 6) is 0.114. The fourth-order valence-electron chi connectivity index (χ4n) is 3.40. The Morgan fingerprint density at radius 1 is 1.08 bits per heavy atom. The zero-order valence-corrected chi connectivity index (χ0v) is 14.9. The molecule has 25 heavy (non-hydrogen) atoms. The molecule has 0 bridgehead atoms. The minimum atomic E-state index is 0.0396. The van der Waals surface area contributed by atoms with Crippen molar-refractivity contribution in [1.82, 2.24) is 14.4 Å². The molecule has 2 amide bonds. The van der Waals surface area contributed by atoms with Crippen LogP contribution in [0.3, 0.4) is 0 Å². The van der Waals surface area contributed by atoms with Crippen molar-refractivity contribution < 1.29 is 14.3 Å². The summed E-state index contributed by atoms with van der Waals surface area (Å²) in [7, 11) is 1.68. The van der Waals surface area contributed by atoms with E-state index in [1.165, 1.54) is 0 Å². The van der Waals surface area contributed by atoms with E-state index in [-0.39, 0.29) is 11.8 Å². The Labute approximate surface area is 147 Å². The molecule has 1 aliphatic rings. The lowest BCUT2D eigenvalue weighted by atomic mass is 10.1.